The minimum atomic E-state index is -0.498. The molecule has 0 aromatic heterocycles. The normalized spacial score (nSPS) is 9.83. The van der Waals surface area contributed by atoms with Crippen LogP contribution in [0.3, 0.4) is 0 Å². The lowest BCUT2D eigenvalue weighted by molar-refractivity contribution is -0.110. The van der Waals surface area contributed by atoms with Crippen molar-refractivity contribution in [3.8, 4) is 0 Å². The highest BCUT2D eigenvalue weighted by atomic mass is 16.5. The number of allylic oxidation sites excluding steroid dienone is 5. The van der Waals surface area contributed by atoms with Gasteiger partial charge in [0.1, 0.15) is 6.61 Å². The molecule has 0 aliphatic heterocycles. The van der Waals surface area contributed by atoms with Gasteiger partial charge in [0.05, 0.1) is 5.56 Å². The molecule has 0 atom stereocenters. The molecule has 0 bridgehead atoms. The smallest absolute Gasteiger partial charge is 0.340 e. The van der Waals surface area contributed by atoms with Gasteiger partial charge >= 0.3 is 5.97 Å². The first-order chi connectivity index (χ1) is 11.0. The summed E-state index contributed by atoms with van der Waals surface area (Å²) in [6.45, 7) is 9.62. The van der Waals surface area contributed by atoms with Gasteiger partial charge in [-0.15, -0.1) is 0 Å². The number of carbonyl (C=O) groups is 2. The predicted octanol–water partition coefficient (Wildman–Crippen LogP) is 4.17. The Balaban J connectivity index is 0.000000468. The lowest BCUT2D eigenvalue weighted by Gasteiger charge is -2.06. The zero-order valence-corrected chi connectivity index (χ0v) is 14.3. The predicted molar refractivity (Wildman–Crippen MR) is 95.7 cm³/mol. The molecule has 23 heavy (non-hydrogen) atoms. The molecule has 0 heterocycles. The van der Waals surface area contributed by atoms with Crippen molar-refractivity contribution in [2.75, 3.05) is 19.0 Å². The summed E-state index contributed by atoms with van der Waals surface area (Å²) in [6.07, 6.45) is 6.53. The summed E-state index contributed by atoms with van der Waals surface area (Å²) in [5.74, 6) is -0.498. The number of rotatable bonds is 6. The van der Waals surface area contributed by atoms with Crippen molar-refractivity contribution in [2.45, 2.75) is 20.8 Å². The zero-order chi connectivity index (χ0) is 17.7. The molecule has 0 radical (unpaired) electrons. The highest BCUT2D eigenvalue weighted by Gasteiger charge is 2.10. The molecule has 1 aromatic carbocycles. The molecule has 0 aliphatic carbocycles. The number of hydrogen-bond donors (Lipinski definition) is 1. The second-order valence-corrected chi connectivity index (χ2v) is 4.92. The SMILES string of the molecule is C=C/C(C)=C\C=C(C)C.CNc1ccccc1C(=O)OCC=O. The fourth-order valence-electron chi connectivity index (χ4n) is 1.43. The second-order valence-electron chi connectivity index (χ2n) is 4.92. The van der Waals surface area contributed by atoms with Gasteiger partial charge in [0.25, 0.3) is 0 Å². The minimum Gasteiger partial charge on any atom is -0.454 e. The van der Waals surface area contributed by atoms with Crippen LogP contribution in [-0.2, 0) is 9.53 Å². The average molecular weight is 315 g/mol. The van der Waals surface area contributed by atoms with E-state index < -0.39 is 5.97 Å². The molecule has 124 valence electrons. The molecular formula is C19H25NO3. The number of ether oxygens (including phenoxy) is 1. The van der Waals surface area contributed by atoms with Gasteiger partial charge in [0.2, 0.25) is 0 Å². The first kappa shape index (κ1) is 20.4. The van der Waals surface area contributed by atoms with Crippen LogP contribution in [0.2, 0.25) is 0 Å². The van der Waals surface area contributed by atoms with E-state index in [-0.39, 0.29) is 6.61 Å². The molecule has 0 unspecified atom stereocenters. The van der Waals surface area contributed by atoms with Gasteiger partial charge in [0.15, 0.2) is 6.29 Å². The highest BCUT2D eigenvalue weighted by molar-refractivity contribution is 5.96. The maximum absolute atomic E-state index is 11.4. The van der Waals surface area contributed by atoms with Crippen LogP contribution in [0, 0.1) is 0 Å². The fraction of sp³-hybridized carbons (Fsp3) is 0.263. The molecule has 0 spiro atoms. The lowest BCUT2D eigenvalue weighted by Crippen LogP contribution is -2.09. The third-order valence-electron chi connectivity index (χ3n) is 2.70. The monoisotopic (exact) mass is 315 g/mol. The Morgan fingerprint density at radius 2 is 1.87 bits per heavy atom. The van der Waals surface area contributed by atoms with Crippen LogP contribution in [0.5, 0.6) is 0 Å². The van der Waals surface area contributed by atoms with Crippen LogP contribution in [0.15, 0.2) is 60.2 Å². The first-order valence-corrected chi connectivity index (χ1v) is 7.28. The van der Waals surface area contributed by atoms with Gasteiger partial charge in [-0.3, -0.25) is 4.79 Å². The summed E-state index contributed by atoms with van der Waals surface area (Å²) >= 11 is 0. The summed E-state index contributed by atoms with van der Waals surface area (Å²) in [5.41, 5.74) is 3.63. The molecule has 4 heteroatoms. The third-order valence-corrected chi connectivity index (χ3v) is 2.70. The van der Waals surface area contributed by atoms with E-state index in [0.717, 1.165) is 0 Å². The molecule has 0 saturated carbocycles. The molecule has 1 N–H and O–H groups in total. The number of para-hydroxylation sites is 1. The van der Waals surface area contributed by atoms with Crippen molar-refractivity contribution >= 4 is 17.9 Å². The maximum atomic E-state index is 11.4. The summed E-state index contributed by atoms with van der Waals surface area (Å²) in [4.78, 5) is 21.4. The Labute approximate surface area is 138 Å². The van der Waals surface area contributed by atoms with Gasteiger partial charge in [-0.2, -0.15) is 0 Å². The number of aldehydes is 1. The van der Waals surface area contributed by atoms with Crippen molar-refractivity contribution < 1.29 is 14.3 Å². The molecule has 0 amide bonds. The lowest BCUT2D eigenvalue weighted by atomic mass is 10.2. The largest absolute Gasteiger partial charge is 0.454 e. The van der Waals surface area contributed by atoms with E-state index in [1.165, 1.54) is 11.1 Å². The van der Waals surface area contributed by atoms with Crippen molar-refractivity contribution in [2.24, 2.45) is 0 Å². The van der Waals surface area contributed by atoms with Gasteiger partial charge in [-0.1, -0.05) is 48.1 Å². The van der Waals surface area contributed by atoms with Gasteiger partial charge in [-0.25, -0.2) is 4.79 Å². The zero-order valence-electron chi connectivity index (χ0n) is 14.3. The number of hydrogen-bond acceptors (Lipinski definition) is 4. The first-order valence-electron chi connectivity index (χ1n) is 7.28. The van der Waals surface area contributed by atoms with Crippen molar-refractivity contribution in [3.05, 3.63) is 65.8 Å². The molecule has 4 nitrogen and oxygen atoms in total. The molecule has 1 aromatic rings. The Morgan fingerprint density at radius 3 is 2.39 bits per heavy atom. The van der Waals surface area contributed by atoms with Crippen LogP contribution in [-0.4, -0.2) is 25.9 Å². The van der Waals surface area contributed by atoms with Crippen molar-refractivity contribution in [3.63, 3.8) is 0 Å². The van der Waals surface area contributed by atoms with Crippen LogP contribution in [0.4, 0.5) is 5.69 Å². The average Bonchev–Trinajstić information content (AvgIpc) is 2.57. The van der Waals surface area contributed by atoms with Gasteiger partial charge < -0.3 is 10.1 Å². The van der Waals surface area contributed by atoms with Crippen molar-refractivity contribution in [1.82, 2.24) is 0 Å². The molecule has 0 saturated heterocycles. The molecule has 1 rings (SSSR count). The summed E-state index contributed by atoms with van der Waals surface area (Å²) in [5, 5.41) is 2.86. The van der Waals surface area contributed by atoms with Gasteiger partial charge in [-0.05, 0) is 32.9 Å². The van der Waals surface area contributed by atoms with E-state index in [1.807, 2.05) is 19.1 Å². The number of esters is 1. The number of anilines is 1. The van der Waals surface area contributed by atoms with Crippen molar-refractivity contribution in [1.29, 1.82) is 0 Å². The Morgan fingerprint density at radius 1 is 1.22 bits per heavy atom. The van der Waals surface area contributed by atoms with Crippen LogP contribution in [0.1, 0.15) is 31.1 Å². The van der Waals surface area contributed by atoms with Crippen LogP contribution < -0.4 is 5.32 Å². The molecule has 0 fully saturated rings. The van der Waals surface area contributed by atoms with E-state index in [9.17, 15) is 9.59 Å². The summed E-state index contributed by atoms with van der Waals surface area (Å²) < 4.78 is 4.67. The standard InChI is InChI=1S/C10H11NO3.C9H14/c1-11-9-5-3-2-4-8(9)10(13)14-7-6-12;1-5-9(4)7-6-8(2)3/h2-6,11H,7H2,1H3;5-7H,1H2,2-4H3/b;9-7-. The van der Waals surface area contributed by atoms with E-state index in [2.05, 4.69) is 42.6 Å². The fourth-order valence-corrected chi connectivity index (χ4v) is 1.43. The molecular weight excluding hydrogens is 290 g/mol. The highest BCUT2D eigenvalue weighted by Crippen LogP contribution is 2.14. The Kier molecular flexibility index (Phi) is 10.6. The van der Waals surface area contributed by atoms with E-state index in [1.54, 1.807) is 25.2 Å². The van der Waals surface area contributed by atoms with Crippen LogP contribution in [0.25, 0.3) is 0 Å². The number of carbonyl (C=O) groups excluding carboxylic acids is 2. The number of benzene rings is 1. The maximum Gasteiger partial charge on any atom is 0.340 e. The van der Waals surface area contributed by atoms with E-state index in [0.29, 0.717) is 17.5 Å². The summed E-state index contributed by atoms with van der Waals surface area (Å²) in [7, 11) is 1.71. The minimum absolute atomic E-state index is 0.211. The van der Waals surface area contributed by atoms with Crippen LogP contribution >= 0.6 is 0 Å². The topological polar surface area (TPSA) is 55.4 Å². The molecule has 0 aliphatic rings. The van der Waals surface area contributed by atoms with E-state index in [4.69, 9.17) is 0 Å². The van der Waals surface area contributed by atoms with E-state index >= 15 is 0 Å². The summed E-state index contributed by atoms with van der Waals surface area (Å²) in [6, 6.07) is 6.94. The number of nitrogens with one attached hydrogen (secondary N) is 1. The Bertz CT molecular complexity index is 582. The quantitative estimate of drug-likeness (QED) is 0.486. The third kappa shape index (κ3) is 9.09. The Hall–Kier alpha value is -2.62. The second kappa shape index (κ2) is 12.0. The van der Waals surface area contributed by atoms with Gasteiger partial charge in [0, 0.05) is 12.7 Å².